The first-order chi connectivity index (χ1) is 12.5. The molecule has 0 saturated heterocycles. The van der Waals surface area contributed by atoms with E-state index in [0.717, 1.165) is 22.6 Å². The molecule has 0 aliphatic carbocycles. The first kappa shape index (κ1) is 20.3. The molecule has 0 spiro atoms. The van der Waals surface area contributed by atoms with E-state index >= 15 is 0 Å². The summed E-state index contributed by atoms with van der Waals surface area (Å²) in [6.07, 6.45) is 0.0917. The van der Waals surface area contributed by atoms with Gasteiger partial charge in [0.05, 0.1) is 0 Å². The summed E-state index contributed by atoms with van der Waals surface area (Å²) in [6, 6.07) is 12.7. The van der Waals surface area contributed by atoms with Crippen molar-refractivity contribution in [2.24, 2.45) is 0 Å². The molecule has 1 amide bonds. The Morgan fingerprint density at radius 3 is 2.54 bits per heavy atom. The number of thioether (sulfide) groups is 1. The van der Waals surface area contributed by atoms with E-state index in [1.54, 1.807) is 23.9 Å². The van der Waals surface area contributed by atoms with Crippen molar-refractivity contribution in [2.45, 2.75) is 39.0 Å². The third kappa shape index (κ3) is 6.37. The molecule has 3 nitrogen and oxygen atoms in total. The third-order valence-electron chi connectivity index (χ3n) is 3.90. The number of amides is 1. The second-order valence-electron chi connectivity index (χ2n) is 6.27. The van der Waals surface area contributed by atoms with Crippen LogP contribution in [0.15, 0.2) is 42.5 Å². The van der Waals surface area contributed by atoms with E-state index in [-0.39, 0.29) is 11.7 Å². The van der Waals surface area contributed by atoms with E-state index in [2.05, 4.69) is 11.4 Å². The number of halogens is 1. The number of nitrogens with one attached hydrogen (secondary N) is 1. The topological polar surface area (TPSA) is 38.3 Å². The van der Waals surface area contributed by atoms with Crippen LogP contribution in [0.4, 0.5) is 4.39 Å². The molecule has 5 heteroatoms. The largest absolute Gasteiger partial charge is 0.481 e. The Balaban J connectivity index is 1.75. The molecule has 1 atom stereocenters. The number of carbonyl (C=O) groups is 1. The van der Waals surface area contributed by atoms with Crippen molar-refractivity contribution in [2.75, 3.05) is 12.3 Å². The number of aryl methyl sites for hydroxylation is 2. The van der Waals surface area contributed by atoms with Gasteiger partial charge in [-0.1, -0.05) is 31.2 Å². The molecule has 0 aliphatic rings. The van der Waals surface area contributed by atoms with Gasteiger partial charge in [0.1, 0.15) is 11.6 Å². The van der Waals surface area contributed by atoms with Crippen LogP contribution in [0.25, 0.3) is 0 Å². The van der Waals surface area contributed by atoms with Crippen molar-refractivity contribution in [1.29, 1.82) is 0 Å². The summed E-state index contributed by atoms with van der Waals surface area (Å²) in [4.78, 5) is 12.3. The second kappa shape index (κ2) is 10.2. The Hall–Kier alpha value is -2.01. The zero-order valence-corrected chi connectivity index (χ0v) is 16.4. The lowest BCUT2D eigenvalue weighted by Crippen LogP contribution is -2.39. The molecule has 0 aromatic heterocycles. The minimum absolute atomic E-state index is 0.113. The van der Waals surface area contributed by atoms with Gasteiger partial charge in [0.2, 0.25) is 0 Å². The Morgan fingerprint density at radius 1 is 1.19 bits per heavy atom. The molecule has 1 N–H and O–H groups in total. The summed E-state index contributed by atoms with van der Waals surface area (Å²) in [6.45, 7) is 6.48. The smallest absolute Gasteiger partial charge is 0.261 e. The fourth-order valence-electron chi connectivity index (χ4n) is 2.65. The van der Waals surface area contributed by atoms with Crippen molar-refractivity contribution < 1.29 is 13.9 Å². The highest BCUT2D eigenvalue weighted by molar-refractivity contribution is 7.98. The Bertz CT molecular complexity index is 715. The van der Waals surface area contributed by atoms with Crippen molar-refractivity contribution in [1.82, 2.24) is 5.32 Å². The van der Waals surface area contributed by atoms with E-state index in [4.69, 9.17) is 4.74 Å². The average molecular weight is 376 g/mol. The SMILES string of the molecule is CC[C@@H](Oc1cc(C)cc(C)c1)C(=O)NCCSCc1ccccc1F. The standard InChI is InChI=1S/C21H26FNO2S/c1-4-20(25-18-12-15(2)11-16(3)13-18)21(24)23-9-10-26-14-17-7-5-6-8-19(17)22/h5-8,11-13,20H,4,9-10,14H2,1-3H3,(H,23,24)/t20-/m1/s1. The van der Waals surface area contributed by atoms with Crippen LogP contribution in [0.1, 0.15) is 30.0 Å². The van der Waals surface area contributed by atoms with Crippen LogP contribution in [0.2, 0.25) is 0 Å². The zero-order chi connectivity index (χ0) is 18.9. The number of hydrogen-bond donors (Lipinski definition) is 1. The molecule has 0 unspecified atom stereocenters. The molecular weight excluding hydrogens is 349 g/mol. The number of benzene rings is 2. The Labute approximate surface area is 159 Å². The third-order valence-corrected chi connectivity index (χ3v) is 4.91. The minimum Gasteiger partial charge on any atom is -0.481 e. The van der Waals surface area contributed by atoms with Gasteiger partial charge in [-0.3, -0.25) is 4.79 Å². The average Bonchev–Trinajstić information content (AvgIpc) is 2.60. The summed E-state index contributed by atoms with van der Waals surface area (Å²) in [5.74, 6) is 1.74. The van der Waals surface area contributed by atoms with Crippen molar-refractivity contribution >= 4 is 17.7 Å². The Kier molecular flexibility index (Phi) is 7.98. The number of hydrogen-bond acceptors (Lipinski definition) is 3. The number of ether oxygens (including phenoxy) is 1. The van der Waals surface area contributed by atoms with Gasteiger partial charge in [-0.25, -0.2) is 4.39 Å². The fraction of sp³-hybridized carbons (Fsp3) is 0.381. The summed E-state index contributed by atoms with van der Waals surface area (Å²) in [5.41, 5.74) is 2.91. The molecular formula is C21H26FNO2S. The molecule has 140 valence electrons. The van der Waals surface area contributed by atoms with Gasteiger partial charge >= 0.3 is 0 Å². The molecule has 0 fully saturated rings. The molecule has 0 radical (unpaired) electrons. The monoisotopic (exact) mass is 375 g/mol. The fourth-order valence-corrected chi connectivity index (χ4v) is 3.49. The van der Waals surface area contributed by atoms with Gasteiger partial charge in [0.15, 0.2) is 6.10 Å². The van der Waals surface area contributed by atoms with Crippen LogP contribution in [0, 0.1) is 19.7 Å². The highest BCUT2D eigenvalue weighted by Gasteiger charge is 2.18. The van der Waals surface area contributed by atoms with E-state index in [9.17, 15) is 9.18 Å². The molecule has 2 rings (SSSR count). The first-order valence-electron chi connectivity index (χ1n) is 8.83. The van der Waals surface area contributed by atoms with Crippen LogP contribution in [0.3, 0.4) is 0 Å². The predicted molar refractivity (Wildman–Crippen MR) is 106 cm³/mol. The molecule has 0 heterocycles. The second-order valence-corrected chi connectivity index (χ2v) is 7.38. The van der Waals surface area contributed by atoms with Crippen LogP contribution in [0.5, 0.6) is 5.75 Å². The molecule has 0 bridgehead atoms. The summed E-state index contributed by atoms with van der Waals surface area (Å²) >= 11 is 1.59. The van der Waals surface area contributed by atoms with Gasteiger partial charge in [-0.05, 0) is 55.2 Å². The quantitative estimate of drug-likeness (QED) is 0.649. The van der Waals surface area contributed by atoms with E-state index < -0.39 is 6.10 Å². The van der Waals surface area contributed by atoms with Crippen LogP contribution < -0.4 is 10.1 Å². The van der Waals surface area contributed by atoms with E-state index in [0.29, 0.717) is 24.3 Å². The van der Waals surface area contributed by atoms with Gasteiger partial charge in [0, 0.05) is 18.1 Å². The lowest BCUT2D eigenvalue weighted by atomic mass is 10.1. The van der Waals surface area contributed by atoms with Crippen molar-refractivity contribution in [3.05, 3.63) is 65.0 Å². The van der Waals surface area contributed by atoms with Gasteiger partial charge in [0.25, 0.3) is 5.91 Å². The lowest BCUT2D eigenvalue weighted by molar-refractivity contribution is -0.127. The first-order valence-corrected chi connectivity index (χ1v) is 9.99. The molecule has 2 aromatic rings. The minimum atomic E-state index is -0.507. The normalized spacial score (nSPS) is 11.8. The zero-order valence-electron chi connectivity index (χ0n) is 15.5. The van der Waals surface area contributed by atoms with Gasteiger partial charge in [-0.15, -0.1) is 0 Å². The number of rotatable bonds is 9. The number of carbonyl (C=O) groups excluding carboxylic acids is 1. The van der Waals surface area contributed by atoms with Gasteiger partial charge in [-0.2, -0.15) is 11.8 Å². The van der Waals surface area contributed by atoms with Crippen molar-refractivity contribution in [3.8, 4) is 5.75 Å². The van der Waals surface area contributed by atoms with E-state index in [1.807, 2.05) is 39.0 Å². The highest BCUT2D eigenvalue weighted by Crippen LogP contribution is 2.19. The maximum atomic E-state index is 13.5. The maximum absolute atomic E-state index is 13.5. The summed E-state index contributed by atoms with van der Waals surface area (Å²) < 4.78 is 19.4. The molecule has 26 heavy (non-hydrogen) atoms. The van der Waals surface area contributed by atoms with Gasteiger partial charge < -0.3 is 10.1 Å². The lowest BCUT2D eigenvalue weighted by Gasteiger charge is -2.18. The molecule has 0 aliphatic heterocycles. The molecule has 0 saturated carbocycles. The van der Waals surface area contributed by atoms with Crippen LogP contribution in [-0.2, 0) is 10.5 Å². The van der Waals surface area contributed by atoms with Crippen LogP contribution in [-0.4, -0.2) is 24.3 Å². The summed E-state index contributed by atoms with van der Waals surface area (Å²) in [7, 11) is 0. The van der Waals surface area contributed by atoms with Crippen molar-refractivity contribution in [3.63, 3.8) is 0 Å². The molecule has 2 aromatic carbocycles. The van der Waals surface area contributed by atoms with Crippen LogP contribution >= 0.6 is 11.8 Å². The summed E-state index contributed by atoms with van der Waals surface area (Å²) in [5, 5.41) is 2.91. The van der Waals surface area contributed by atoms with E-state index in [1.165, 1.54) is 6.07 Å². The predicted octanol–water partition coefficient (Wildman–Crippen LogP) is 4.65. The maximum Gasteiger partial charge on any atom is 0.261 e. The highest BCUT2D eigenvalue weighted by atomic mass is 32.2. The Morgan fingerprint density at radius 2 is 1.88 bits per heavy atom.